The van der Waals surface area contributed by atoms with Crippen LogP contribution in [0.4, 0.5) is 4.39 Å². The van der Waals surface area contributed by atoms with Gasteiger partial charge in [-0.1, -0.05) is 31.9 Å². The van der Waals surface area contributed by atoms with Crippen molar-refractivity contribution in [1.82, 2.24) is 0 Å². The molecule has 1 fully saturated rings. The van der Waals surface area contributed by atoms with E-state index >= 15 is 0 Å². The Labute approximate surface area is 110 Å². The van der Waals surface area contributed by atoms with Crippen molar-refractivity contribution in [3.63, 3.8) is 0 Å². The summed E-state index contributed by atoms with van der Waals surface area (Å²) in [5.74, 6) is -0.0862. The lowest BCUT2D eigenvalue weighted by Crippen LogP contribution is -2.51. The van der Waals surface area contributed by atoms with Gasteiger partial charge in [-0.3, -0.25) is 0 Å². The Morgan fingerprint density at radius 2 is 2.19 bits per heavy atom. The van der Waals surface area contributed by atoms with Crippen LogP contribution in [0, 0.1) is 5.82 Å². The predicted molar refractivity (Wildman–Crippen MR) is 66.6 cm³/mol. The predicted octanol–water partition coefficient (Wildman–Crippen LogP) is 3.52. The van der Waals surface area contributed by atoms with Gasteiger partial charge in [0.05, 0.1) is 0 Å². The smallest absolute Gasteiger partial charge is 0.166 e. The Morgan fingerprint density at radius 3 is 2.75 bits per heavy atom. The van der Waals surface area contributed by atoms with Crippen LogP contribution in [0.15, 0.2) is 22.7 Å². The lowest BCUT2D eigenvalue weighted by atomic mass is 9.91. The molecule has 1 aromatic carbocycles. The zero-order chi connectivity index (χ0) is 11.7. The minimum atomic E-state index is -0.359. The summed E-state index contributed by atoms with van der Waals surface area (Å²) < 4.78 is 25.0. The molecule has 0 amide bonds. The summed E-state index contributed by atoms with van der Waals surface area (Å²) >= 11 is 6.67. The van der Waals surface area contributed by atoms with Crippen molar-refractivity contribution >= 4 is 31.9 Å². The summed E-state index contributed by atoms with van der Waals surface area (Å²) in [5, 5.41) is 0. The first-order valence-electron chi connectivity index (χ1n) is 4.90. The molecule has 0 aromatic heterocycles. The second-order valence-electron chi connectivity index (χ2n) is 3.68. The maximum Gasteiger partial charge on any atom is 0.166 e. The molecule has 2 rings (SSSR count). The van der Waals surface area contributed by atoms with Gasteiger partial charge in [0, 0.05) is 22.8 Å². The standard InChI is InChI=1S/C11H11Br2FO2/c1-15-11-7(13)5-10(11)16-9-3-2-6(12)4-8(9)14/h2-4,7,10-11H,5H2,1H3. The Kier molecular flexibility index (Phi) is 3.87. The Balaban J connectivity index is 2.04. The monoisotopic (exact) mass is 352 g/mol. The van der Waals surface area contributed by atoms with Crippen LogP contribution in [0.2, 0.25) is 0 Å². The zero-order valence-electron chi connectivity index (χ0n) is 8.62. The zero-order valence-corrected chi connectivity index (χ0v) is 11.8. The van der Waals surface area contributed by atoms with Crippen LogP contribution < -0.4 is 4.74 Å². The molecule has 0 saturated heterocycles. The highest BCUT2D eigenvalue weighted by atomic mass is 79.9. The van der Waals surface area contributed by atoms with E-state index in [1.807, 2.05) is 0 Å². The summed E-state index contributed by atoms with van der Waals surface area (Å²) in [6, 6.07) is 4.76. The minimum Gasteiger partial charge on any atom is -0.485 e. The fourth-order valence-corrected chi connectivity index (χ4v) is 2.93. The van der Waals surface area contributed by atoms with Crippen molar-refractivity contribution in [3.8, 4) is 5.75 Å². The first-order valence-corrected chi connectivity index (χ1v) is 6.61. The Bertz CT molecular complexity index is 386. The van der Waals surface area contributed by atoms with Gasteiger partial charge in [0.2, 0.25) is 0 Å². The van der Waals surface area contributed by atoms with Gasteiger partial charge in [0.25, 0.3) is 0 Å². The van der Waals surface area contributed by atoms with Gasteiger partial charge >= 0.3 is 0 Å². The van der Waals surface area contributed by atoms with Crippen molar-refractivity contribution in [1.29, 1.82) is 0 Å². The van der Waals surface area contributed by atoms with Crippen LogP contribution in [0.1, 0.15) is 6.42 Å². The molecule has 0 N–H and O–H groups in total. The van der Waals surface area contributed by atoms with E-state index in [1.165, 1.54) is 6.07 Å². The fraction of sp³-hybridized carbons (Fsp3) is 0.455. The summed E-state index contributed by atoms with van der Waals surface area (Å²) in [7, 11) is 1.63. The highest BCUT2D eigenvalue weighted by molar-refractivity contribution is 9.10. The van der Waals surface area contributed by atoms with Crippen LogP contribution in [-0.2, 0) is 4.74 Å². The molecule has 16 heavy (non-hydrogen) atoms. The van der Waals surface area contributed by atoms with Gasteiger partial charge in [-0.25, -0.2) is 4.39 Å². The van der Waals surface area contributed by atoms with E-state index in [0.717, 1.165) is 6.42 Å². The molecule has 0 radical (unpaired) electrons. The van der Waals surface area contributed by atoms with Crippen LogP contribution in [0.3, 0.4) is 0 Å². The molecule has 0 aliphatic heterocycles. The molecule has 5 heteroatoms. The summed E-state index contributed by atoms with van der Waals surface area (Å²) in [4.78, 5) is 0.293. The lowest BCUT2D eigenvalue weighted by molar-refractivity contribution is -0.0558. The number of alkyl halides is 1. The largest absolute Gasteiger partial charge is 0.485 e. The summed E-state index contributed by atoms with van der Waals surface area (Å²) in [6.07, 6.45) is 0.738. The molecular formula is C11H11Br2FO2. The minimum absolute atomic E-state index is 0.0111. The third-order valence-electron chi connectivity index (χ3n) is 2.62. The Morgan fingerprint density at radius 1 is 1.44 bits per heavy atom. The van der Waals surface area contributed by atoms with Crippen molar-refractivity contribution in [3.05, 3.63) is 28.5 Å². The second-order valence-corrected chi connectivity index (χ2v) is 5.77. The van der Waals surface area contributed by atoms with Gasteiger partial charge in [-0.15, -0.1) is 0 Å². The Hall–Kier alpha value is -0.130. The van der Waals surface area contributed by atoms with E-state index in [0.29, 0.717) is 9.30 Å². The molecule has 0 spiro atoms. The van der Waals surface area contributed by atoms with Crippen molar-refractivity contribution in [2.45, 2.75) is 23.5 Å². The average molecular weight is 354 g/mol. The number of ether oxygens (including phenoxy) is 2. The van der Waals surface area contributed by atoms with Crippen LogP contribution in [0.25, 0.3) is 0 Å². The number of hydrogen-bond donors (Lipinski definition) is 0. The van der Waals surface area contributed by atoms with Crippen molar-refractivity contribution < 1.29 is 13.9 Å². The highest BCUT2D eigenvalue weighted by Crippen LogP contribution is 2.34. The quantitative estimate of drug-likeness (QED) is 0.774. The third kappa shape index (κ3) is 2.41. The number of rotatable bonds is 3. The molecule has 1 aromatic rings. The van der Waals surface area contributed by atoms with Gasteiger partial charge in [-0.05, 0) is 18.2 Å². The molecular weight excluding hydrogens is 343 g/mol. The van der Waals surface area contributed by atoms with Gasteiger partial charge < -0.3 is 9.47 Å². The second kappa shape index (κ2) is 5.02. The molecule has 0 bridgehead atoms. The van der Waals surface area contributed by atoms with E-state index in [1.54, 1.807) is 19.2 Å². The first-order chi connectivity index (χ1) is 7.61. The summed E-state index contributed by atoms with van der Waals surface area (Å²) in [5.41, 5.74) is 0. The maximum absolute atomic E-state index is 13.5. The first kappa shape index (κ1) is 12.3. The van der Waals surface area contributed by atoms with E-state index in [2.05, 4.69) is 31.9 Å². The van der Waals surface area contributed by atoms with Crippen LogP contribution >= 0.6 is 31.9 Å². The topological polar surface area (TPSA) is 18.5 Å². The molecule has 3 atom stereocenters. The van der Waals surface area contributed by atoms with E-state index < -0.39 is 0 Å². The lowest BCUT2D eigenvalue weighted by Gasteiger charge is -2.40. The number of halogens is 3. The molecule has 0 heterocycles. The maximum atomic E-state index is 13.5. The fourth-order valence-electron chi connectivity index (χ4n) is 1.68. The number of hydrogen-bond acceptors (Lipinski definition) is 2. The van der Waals surface area contributed by atoms with Crippen molar-refractivity contribution in [2.75, 3.05) is 7.11 Å². The average Bonchev–Trinajstić information content (AvgIpc) is 2.21. The van der Waals surface area contributed by atoms with Gasteiger partial charge in [0.15, 0.2) is 11.6 Å². The van der Waals surface area contributed by atoms with Crippen molar-refractivity contribution in [2.24, 2.45) is 0 Å². The molecule has 1 saturated carbocycles. The molecule has 3 unspecified atom stereocenters. The third-order valence-corrected chi connectivity index (χ3v) is 4.01. The van der Waals surface area contributed by atoms with E-state index in [4.69, 9.17) is 9.47 Å². The van der Waals surface area contributed by atoms with Gasteiger partial charge in [0.1, 0.15) is 12.2 Å². The SMILES string of the molecule is COC1C(Br)CC1Oc1ccc(Br)cc1F. The van der Waals surface area contributed by atoms with E-state index in [9.17, 15) is 4.39 Å². The highest BCUT2D eigenvalue weighted by Gasteiger charge is 2.42. The number of methoxy groups -OCH3 is 1. The van der Waals surface area contributed by atoms with Crippen LogP contribution in [-0.4, -0.2) is 24.1 Å². The molecule has 88 valence electrons. The number of benzene rings is 1. The van der Waals surface area contributed by atoms with Gasteiger partial charge in [-0.2, -0.15) is 0 Å². The van der Waals surface area contributed by atoms with E-state index in [-0.39, 0.29) is 23.8 Å². The normalized spacial score (nSPS) is 28.6. The molecule has 1 aliphatic rings. The summed E-state index contributed by atoms with van der Waals surface area (Å²) in [6.45, 7) is 0. The molecule has 1 aliphatic carbocycles. The van der Waals surface area contributed by atoms with Crippen LogP contribution in [0.5, 0.6) is 5.75 Å². The molecule has 2 nitrogen and oxygen atoms in total.